The summed E-state index contributed by atoms with van der Waals surface area (Å²) >= 11 is 0. The summed E-state index contributed by atoms with van der Waals surface area (Å²) < 4.78 is 19.1. The first-order chi connectivity index (χ1) is 9.10. The molecule has 0 aliphatic rings. The van der Waals surface area contributed by atoms with Gasteiger partial charge < -0.3 is 10.5 Å². The second kappa shape index (κ2) is 5.40. The second-order valence-corrected chi connectivity index (χ2v) is 4.25. The van der Waals surface area contributed by atoms with E-state index in [1.54, 1.807) is 12.1 Å². The number of rotatable bonds is 3. The number of ether oxygens (including phenoxy) is 1. The van der Waals surface area contributed by atoms with Gasteiger partial charge in [0.15, 0.2) is 0 Å². The van der Waals surface area contributed by atoms with E-state index in [2.05, 4.69) is 0 Å². The van der Waals surface area contributed by atoms with Crippen molar-refractivity contribution < 1.29 is 9.13 Å². The summed E-state index contributed by atoms with van der Waals surface area (Å²) in [6.07, 6.45) is 0. The highest BCUT2D eigenvalue weighted by Crippen LogP contribution is 2.24. The van der Waals surface area contributed by atoms with Crippen LogP contribution in [0.3, 0.4) is 0 Å². The minimum Gasteiger partial charge on any atom is -0.487 e. The van der Waals surface area contributed by atoms with Gasteiger partial charge in [0.1, 0.15) is 18.2 Å². The van der Waals surface area contributed by atoms with Crippen molar-refractivity contribution in [2.24, 2.45) is 0 Å². The minimum atomic E-state index is -0.398. The van der Waals surface area contributed by atoms with Crippen LogP contribution in [0.25, 0.3) is 0 Å². The van der Waals surface area contributed by atoms with Gasteiger partial charge in [-0.1, -0.05) is 6.07 Å². The van der Waals surface area contributed by atoms with Crippen molar-refractivity contribution in [3.05, 3.63) is 58.9 Å². The zero-order chi connectivity index (χ0) is 13.8. The van der Waals surface area contributed by atoms with Crippen LogP contribution in [-0.4, -0.2) is 0 Å². The highest BCUT2D eigenvalue weighted by molar-refractivity contribution is 5.53. The highest BCUT2D eigenvalue weighted by Gasteiger charge is 2.06. The lowest BCUT2D eigenvalue weighted by molar-refractivity contribution is 0.301. The zero-order valence-corrected chi connectivity index (χ0v) is 10.5. The van der Waals surface area contributed by atoms with Crippen LogP contribution in [0.4, 0.5) is 10.1 Å². The summed E-state index contributed by atoms with van der Waals surface area (Å²) in [5, 5.41) is 8.79. The Bertz CT molecular complexity index is 647. The lowest BCUT2D eigenvalue weighted by Crippen LogP contribution is -2.01. The molecule has 0 spiro atoms. The molecule has 0 aliphatic heterocycles. The molecule has 96 valence electrons. The third-order valence-electron chi connectivity index (χ3n) is 2.73. The van der Waals surface area contributed by atoms with Crippen molar-refractivity contribution in [2.75, 3.05) is 5.73 Å². The van der Waals surface area contributed by atoms with Gasteiger partial charge in [-0.3, -0.25) is 0 Å². The quantitative estimate of drug-likeness (QED) is 0.858. The monoisotopic (exact) mass is 256 g/mol. The zero-order valence-electron chi connectivity index (χ0n) is 10.5. The largest absolute Gasteiger partial charge is 0.487 e. The molecule has 0 heterocycles. The number of benzene rings is 2. The Balaban J connectivity index is 2.19. The molecule has 4 heteroatoms. The van der Waals surface area contributed by atoms with E-state index in [9.17, 15) is 4.39 Å². The summed E-state index contributed by atoms with van der Waals surface area (Å²) in [7, 11) is 0. The maximum absolute atomic E-state index is 13.6. The van der Waals surface area contributed by atoms with Gasteiger partial charge in [0.2, 0.25) is 0 Å². The Hall–Kier alpha value is -2.54. The average Bonchev–Trinajstić information content (AvgIpc) is 2.41. The summed E-state index contributed by atoms with van der Waals surface area (Å²) in [6, 6.07) is 11.5. The van der Waals surface area contributed by atoms with Crippen LogP contribution in [0.15, 0.2) is 36.4 Å². The van der Waals surface area contributed by atoms with Crippen LogP contribution in [-0.2, 0) is 6.61 Å². The summed E-state index contributed by atoms with van der Waals surface area (Å²) in [6.45, 7) is 1.96. The van der Waals surface area contributed by atoms with Crippen LogP contribution in [0.1, 0.15) is 16.7 Å². The minimum absolute atomic E-state index is 0.0367. The second-order valence-electron chi connectivity index (χ2n) is 4.25. The van der Waals surface area contributed by atoms with Crippen molar-refractivity contribution in [3.63, 3.8) is 0 Å². The number of nitrogens with two attached hydrogens (primary N) is 1. The fourth-order valence-corrected chi connectivity index (χ4v) is 1.68. The predicted octanol–water partition coefficient (Wildman–Crippen LogP) is 3.17. The van der Waals surface area contributed by atoms with Crippen molar-refractivity contribution in [1.29, 1.82) is 5.26 Å². The molecular formula is C15H13FN2O. The Morgan fingerprint density at radius 2 is 2.05 bits per heavy atom. The van der Waals surface area contributed by atoms with Crippen molar-refractivity contribution >= 4 is 5.69 Å². The number of hydrogen-bond donors (Lipinski definition) is 1. The van der Waals surface area contributed by atoms with Gasteiger partial charge in [0.25, 0.3) is 0 Å². The number of hydrogen-bond acceptors (Lipinski definition) is 3. The number of halogens is 1. The molecule has 0 saturated heterocycles. The first-order valence-electron chi connectivity index (χ1n) is 5.77. The van der Waals surface area contributed by atoms with Gasteiger partial charge in [-0.2, -0.15) is 5.26 Å². The Labute approximate surface area is 111 Å². The van der Waals surface area contributed by atoms with Gasteiger partial charge >= 0.3 is 0 Å². The van der Waals surface area contributed by atoms with Crippen LogP contribution in [0.2, 0.25) is 0 Å². The SMILES string of the molecule is Cc1ccc(N)c(OCc2cc(C#N)ccc2F)c1. The molecule has 0 fully saturated rings. The van der Waals surface area contributed by atoms with Gasteiger partial charge in [-0.05, 0) is 42.8 Å². The standard InChI is InChI=1S/C15H13FN2O/c1-10-2-5-14(18)15(6-10)19-9-12-7-11(8-17)3-4-13(12)16/h2-7H,9,18H2,1H3. The highest BCUT2D eigenvalue weighted by atomic mass is 19.1. The van der Waals surface area contributed by atoms with E-state index in [1.165, 1.54) is 18.2 Å². The topological polar surface area (TPSA) is 59.0 Å². The van der Waals surface area contributed by atoms with Gasteiger partial charge in [0.05, 0.1) is 17.3 Å². The third kappa shape index (κ3) is 3.02. The lowest BCUT2D eigenvalue weighted by Gasteiger charge is -2.10. The fraction of sp³-hybridized carbons (Fsp3) is 0.133. The predicted molar refractivity (Wildman–Crippen MR) is 71.0 cm³/mol. The van der Waals surface area contributed by atoms with Gasteiger partial charge in [-0.25, -0.2) is 4.39 Å². The molecule has 0 unspecified atom stereocenters. The van der Waals surface area contributed by atoms with Crippen LogP contribution in [0, 0.1) is 24.1 Å². The molecule has 2 rings (SSSR count). The maximum atomic E-state index is 13.6. The van der Waals surface area contributed by atoms with Gasteiger partial charge in [-0.15, -0.1) is 0 Å². The molecule has 19 heavy (non-hydrogen) atoms. The van der Waals surface area contributed by atoms with Crippen LogP contribution in [0.5, 0.6) is 5.75 Å². The van der Waals surface area contributed by atoms with Crippen LogP contribution < -0.4 is 10.5 Å². The third-order valence-corrected chi connectivity index (χ3v) is 2.73. The molecule has 0 radical (unpaired) electrons. The van der Waals surface area contributed by atoms with E-state index >= 15 is 0 Å². The number of aryl methyl sites for hydroxylation is 1. The molecule has 0 aromatic heterocycles. The molecule has 0 amide bonds. The van der Waals surface area contributed by atoms with E-state index in [0.717, 1.165) is 5.56 Å². The Morgan fingerprint density at radius 1 is 1.26 bits per heavy atom. The van der Waals surface area contributed by atoms with Crippen molar-refractivity contribution in [2.45, 2.75) is 13.5 Å². The summed E-state index contributed by atoms with van der Waals surface area (Å²) in [5.41, 5.74) is 8.02. The molecule has 2 aromatic rings. The van der Waals surface area contributed by atoms with E-state index in [0.29, 0.717) is 22.6 Å². The van der Waals surface area contributed by atoms with E-state index in [-0.39, 0.29) is 6.61 Å². The van der Waals surface area contributed by atoms with Crippen molar-refractivity contribution in [3.8, 4) is 11.8 Å². The molecular weight excluding hydrogens is 243 g/mol. The number of nitriles is 1. The number of anilines is 1. The fourth-order valence-electron chi connectivity index (χ4n) is 1.68. The van der Waals surface area contributed by atoms with E-state index < -0.39 is 5.82 Å². The molecule has 2 N–H and O–H groups in total. The van der Waals surface area contributed by atoms with Crippen molar-refractivity contribution in [1.82, 2.24) is 0 Å². The van der Waals surface area contributed by atoms with Gasteiger partial charge in [0, 0.05) is 5.56 Å². The Morgan fingerprint density at radius 3 is 2.79 bits per heavy atom. The smallest absolute Gasteiger partial charge is 0.142 e. The molecule has 3 nitrogen and oxygen atoms in total. The Kier molecular flexibility index (Phi) is 3.67. The molecule has 0 saturated carbocycles. The van der Waals surface area contributed by atoms with Crippen LogP contribution >= 0.6 is 0 Å². The summed E-state index contributed by atoms with van der Waals surface area (Å²) in [5.74, 6) is 0.118. The number of nitrogens with zero attached hydrogens (tertiary/aromatic N) is 1. The molecule has 2 aromatic carbocycles. The molecule has 0 aliphatic carbocycles. The van der Waals surface area contributed by atoms with E-state index in [1.807, 2.05) is 19.1 Å². The lowest BCUT2D eigenvalue weighted by atomic mass is 10.1. The number of nitrogen functional groups attached to an aromatic ring is 1. The molecule has 0 atom stereocenters. The molecule has 0 bridgehead atoms. The summed E-state index contributed by atoms with van der Waals surface area (Å²) in [4.78, 5) is 0. The maximum Gasteiger partial charge on any atom is 0.142 e. The first kappa shape index (κ1) is 12.9. The van der Waals surface area contributed by atoms with E-state index in [4.69, 9.17) is 15.7 Å². The average molecular weight is 256 g/mol. The first-order valence-corrected chi connectivity index (χ1v) is 5.77. The normalized spacial score (nSPS) is 9.95.